The van der Waals surface area contributed by atoms with Crippen LogP contribution in [0.4, 0.5) is 4.39 Å². The molecule has 1 heterocycles. The van der Waals surface area contributed by atoms with Crippen molar-refractivity contribution in [1.29, 1.82) is 0 Å². The van der Waals surface area contributed by atoms with Gasteiger partial charge in [-0.2, -0.15) is 5.10 Å². The van der Waals surface area contributed by atoms with Gasteiger partial charge in [0.1, 0.15) is 18.0 Å². The van der Waals surface area contributed by atoms with E-state index >= 15 is 0 Å². The standard InChI is InChI=1S/C25H18BrClFIN2O4/c1-2-33-21-8-15(7-19(27)24(21)34-13-14-3-5-18(28)6-4-14)12-30-31-25(32)22-10-16-9-17(26)11-20(29)23(16)35-22/h3-12H,2,13H2,1H3,(H,31,32)/b30-12-. The largest absolute Gasteiger partial charge is 0.490 e. The van der Waals surface area contributed by atoms with Gasteiger partial charge in [0.25, 0.3) is 0 Å². The van der Waals surface area contributed by atoms with Crippen LogP contribution in [0.2, 0.25) is 5.02 Å². The van der Waals surface area contributed by atoms with Crippen LogP contribution in [-0.4, -0.2) is 18.7 Å². The lowest BCUT2D eigenvalue weighted by atomic mass is 10.2. The second-order valence-corrected chi connectivity index (χ2v) is 9.78. The smallest absolute Gasteiger partial charge is 0.307 e. The van der Waals surface area contributed by atoms with Gasteiger partial charge in [0.2, 0.25) is 0 Å². The fraction of sp³-hybridized carbons (Fsp3) is 0.120. The molecule has 0 saturated carbocycles. The molecule has 1 N–H and O–H groups in total. The Morgan fingerprint density at radius 1 is 1.20 bits per heavy atom. The molecule has 35 heavy (non-hydrogen) atoms. The van der Waals surface area contributed by atoms with E-state index in [2.05, 4.69) is 49.0 Å². The summed E-state index contributed by atoms with van der Waals surface area (Å²) in [6, 6.07) is 14.8. The second-order valence-electron chi connectivity index (χ2n) is 7.29. The molecular formula is C25H18BrClFIN2O4. The van der Waals surface area contributed by atoms with Gasteiger partial charge in [-0.15, -0.1) is 0 Å². The summed E-state index contributed by atoms with van der Waals surface area (Å²) in [5, 5.41) is 5.13. The van der Waals surface area contributed by atoms with Gasteiger partial charge in [-0.25, -0.2) is 9.82 Å². The average Bonchev–Trinajstić information content (AvgIpc) is 3.24. The van der Waals surface area contributed by atoms with Crippen molar-refractivity contribution in [2.24, 2.45) is 5.10 Å². The number of carbonyl (C=O) groups excluding carboxylic acids is 1. The molecule has 10 heteroatoms. The Bertz CT molecular complexity index is 1410. The molecule has 0 aliphatic heterocycles. The fourth-order valence-electron chi connectivity index (χ4n) is 3.21. The minimum absolute atomic E-state index is 0.144. The van der Waals surface area contributed by atoms with E-state index in [4.69, 9.17) is 25.5 Å². The van der Waals surface area contributed by atoms with Crippen molar-refractivity contribution < 1.29 is 23.1 Å². The Kier molecular flexibility index (Phi) is 8.30. The first-order valence-corrected chi connectivity index (χ1v) is 12.6. The molecule has 1 aromatic heterocycles. The summed E-state index contributed by atoms with van der Waals surface area (Å²) < 4.78 is 32.1. The zero-order valence-corrected chi connectivity index (χ0v) is 22.8. The molecule has 0 unspecified atom stereocenters. The summed E-state index contributed by atoms with van der Waals surface area (Å²) in [4.78, 5) is 12.5. The maximum atomic E-state index is 13.1. The molecular weight excluding hydrogens is 654 g/mol. The van der Waals surface area contributed by atoms with Gasteiger partial charge in [-0.05, 0) is 83.1 Å². The van der Waals surface area contributed by atoms with Gasteiger partial charge in [-0.1, -0.05) is 39.7 Å². The summed E-state index contributed by atoms with van der Waals surface area (Å²) >= 11 is 12.0. The van der Waals surface area contributed by atoms with Crippen LogP contribution in [0.25, 0.3) is 11.0 Å². The van der Waals surface area contributed by atoms with E-state index in [1.807, 2.05) is 19.1 Å². The van der Waals surface area contributed by atoms with E-state index < -0.39 is 5.91 Å². The van der Waals surface area contributed by atoms with Gasteiger partial charge in [0, 0.05) is 9.86 Å². The summed E-state index contributed by atoms with van der Waals surface area (Å²) in [6.45, 7) is 2.42. The number of hydrazone groups is 1. The number of furan rings is 1. The molecule has 6 nitrogen and oxygen atoms in total. The summed E-state index contributed by atoms with van der Waals surface area (Å²) in [5.74, 6) is 0.126. The molecule has 0 spiro atoms. The highest BCUT2D eigenvalue weighted by Crippen LogP contribution is 2.37. The first-order valence-electron chi connectivity index (χ1n) is 10.4. The average molecular weight is 672 g/mol. The highest BCUT2D eigenvalue weighted by molar-refractivity contribution is 14.1. The first-order chi connectivity index (χ1) is 16.8. The molecule has 0 fully saturated rings. The van der Waals surface area contributed by atoms with Crippen molar-refractivity contribution >= 4 is 73.2 Å². The normalized spacial score (nSPS) is 11.2. The number of rotatable bonds is 8. The molecule has 0 bridgehead atoms. The Balaban J connectivity index is 1.47. The number of carbonyl (C=O) groups is 1. The number of amides is 1. The third-order valence-electron chi connectivity index (χ3n) is 4.77. The van der Waals surface area contributed by atoms with Crippen molar-refractivity contribution in [2.75, 3.05) is 6.61 Å². The lowest BCUT2D eigenvalue weighted by molar-refractivity contribution is 0.0929. The lowest BCUT2D eigenvalue weighted by Gasteiger charge is -2.14. The number of benzene rings is 3. The van der Waals surface area contributed by atoms with Crippen LogP contribution in [0.1, 0.15) is 28.6 Å². The van der Waals surface area contributed by atoms with E-state index in [1.165, 1.54) is 18.3 Å². The van der Waals surface area contributed by atoms with E-state index in [1.54, 1.807) is 30.3 Å². The number of fused-ring (bicyclic) bond motifs is 1. The fourth-order valence-corrected chi connectivity index (χ4v) is 5.14. The highest BCUT2D eigenvalue weighted by Gasteiger charge is 2.15. The van der Waals surface area contributed by atoms with Crippen LogP contribution in [0, 0.1) is 9.39 Å². The van der Waals surface area contributed by atoms with Crippen molar-refractivity contribution in [3.63, 3.8) is 0 Å². The maximum absolute atomic E-state index is 13.1. The third-order valence-corrected chi connectivity index (χ3v) is 6.31. The Hall–Kier alpha value is -2.63. The molecule has 3 aromatic carbocycles. The number of halogens is 4. The summed E-state index contributed by atoms with van der Waals surface area (Å²) in [7, 11) is 0. The molecule has 180 valence electrons. The highest BCUT2D eigenvalue weighted by atomic mass is 127. The molecule has 0 atom stereocenters. The number of nitrogens with one attached hydrogen (secondary N) is 1. The SMILES string of the molecule is CCOc1cc(/C=N\NC(=O)c2cc3cc(Br)cc(I)c3o2)cc(Cl)c1OCc1ccc(F)cc1. The number of ether oxygens (including phenoxy) is 2. The molecule has 0 radical (unpaired) electrons. The van der Waals surface area contributed by atoms with Crippen LogP contribution in [0.15, 0.2) is 68.6 Å². The third kappa shape index (κ3) is 6.33. The monoisotopic (exact) mass is 670 g/mol. The van der Waals surface area contributed by atoms with E-state index in [-0.39, 0.29) is 18.2 Å². The Morgan fingerprint density at radius 3 is 2.71 bits per heavy atom. The number of nitrogens with zero attached hydrogens (tertiary/aromatic N) is 1. The van der Waals surface area contributed by atoms with E-state index in [9.17, 15) is 9.18 Å². The summed E-state index contributed by atoms with van der Waals surface area (Å²) in [5.41, 5.74) is 4.46. The van der Waals surface area contributed by atoms with E-state index in [0.717, 1.165) is 19.0 Å². The van der Waals surface area contributed by atoms with Gasteiger partial charge in [-0.3, -0.25) is 4.79 Å². The van der Waals surface area contributed by atoms with Crippen LogP contribution in [0.3, 0.4) is 0 Å². The molecule has 0 saturated heterocycles. The summed E-state index contributed by atoms with van der Waals surface area (Å²) in [6.07, 6.45) is 1.44. The quantitative estimate of drug-likeness (QED) is 0.121. The Morgan fingerprint density at radius 2 is 1.97 bits per heavy atom. The van der Waals surface area contributed by atoms with Crippen LogP contribution in [0.5, 0.6) is 11.5 Å². The van der Waals surface area contributed by atoms with Crippen molar-refractivity contribution in [3.05, 3.63) is 90.4 Å². The van der Waals surface area contributed by atoms with Gasteiger partial charge < -0.3 is 13.9 Å². The lowest BCUT2D eigenvalue weighted by Crippen LogP contribution is -2.16. The van der Waals surface area contributed by atoms with E-state index in [0.29, 0.717) is 34.3 Å². The predicted octanol–water partition coefficient (Wildman–Crippen LogP) is 7.33. The van der Waals surface area contributed by atoms with Gasteiger partial charge >= 0.3 is 5.91 Å². The van der Waals surface area contributed by atoms with Crippen molar-refractivity contribution in [3.8, 4) is 11.5 Å². The molecule has 4 rings (SSSR count). The number of hydrogen-bond acceptors (Lipinski definition) is 5. The van der Waals surface area contributed by atoms with Gasteiger partial charge in [0.15, 0.2) is 17.3 Å². The second kappa shape index (κ2) is 11.4. The predicted molar refractivity (Wildman–Crippen MR) is 145 cm³/mol. The minimum Gasteiger partial charge on any atom is -0.490 e. The Labute approximate surface area is 227 Å². The zero-order chi connectivity index (χ0) is 24.9. The zero-order valence-electron chi connectivity index (χ0n) is 18.3. The van der Waals surface area contributed by atoms with Crippen LogP contribution < -0.4 is 14.9 Å². The minimum atomic E-state index is -0.486. The van der Waals surface area contributed by atoms with Gasteiger partial charge in [0.05, 0.1) is 21.4 Å². The van der Waals surface area contributed by atoms with Crippen LogP contribution in [-0.2, 0) is 6.61 Å². The van der Waals surface area contributed by atoms with Crippen molar-refractivity contribution in [1.82, 2.24) is 5.43 Å². The molecule has 0 aliphatic rings. The van der Waals surface area contributed by atoms with Crippen LogP contribution >= 0.6 is 50.1 Å². The molecule has 0 aliphatic carbocycles. The molecule has 4 aromatic rings. The maximum Gasteiger partial charge on any atom is 0.307 e. The first kappa shape index (κ1) is 25.5. The topological polar surface area (TPSA) is 73.1 Å². The van der Waals surface area contributed by atoms with Crippen molar-refractivity contribution in [2.45, 2.75) is 13.5 Å². The molecule has 1 amide bonds. The number of hydrogen-bond donors (Lipinski definition) is 1.